The second-order valence-corrected chi connectivity index (χ2v) is 3.58. The number of anilines is 1. The molecule has 0 saturated carbocycles. The van der Waals surface area contributed by atoms with Gasteiger partial charge in [-0.15, -0.1) is 0 Å². The highest BCUT2D eigenvalue weighted by atomic mass is 35.5. The highest BCUT2D eigenvalue weighted by molar-refractivity contribution is 6.32. The summed E-state index contributed by atoms with van der Waals surface area (Å²) in [6.45, 7) is 1.84. The van der Waals surface area contributed by atoms with Gasteiger partial charge in [-0.3, -0.25) is 4.40 Å². The molecule has 0 aliphatic rings. The zero-order valence-corrected chi connectivity index (χ0v) is 8.49. The van der Waals surface area contributed by atoms with Crippen LogP contribution in [0.15, 0.2) is 18.2 Å². The van der Waals surface area contributed by atoms with Crippen LogP contribution in [0.1, 0.15) is 18.8 Å². The smallest absolute Gasteiger partial charge is 0.155 e. The fourth-order valence-electron chi connectivity index (χ4n) is 1.46. The predicted octanol–water partition coefficient (Wildman–Crippen LogP) is 1.59. The van der Waals surface area contributed by atoms with Gasteiger partial charge in [-0.25, -0.2) is 4.98 Å². The highest BCUT2D eigenvalue weighted by Crippen LogP contribution is 2.23. The summed E-state index contributed by atoms with van der Waals surface area (Å²) in [6.07, 6.45) is 0. The number of imidazole rings is 1. The number of fused-ring (bicyclic) bond motifs is 1. The molecule has 2 heterocycles. The van der Waals surface area contributed by atoms with Gasteiger partial charge in [0.1, 0.15) is 11.6 Å². The van der Waals surface area contributed by atoms with Gasteiger partial charge in [-0.2, -0.15) is 0 Å². The highest BCUT2D eigenvalue weighted by Gasteiger charge is 2.13. The molecule has 2 rings (SSSR count). The number of nitrogens with two attached hydrogens (primary N) is 2. The fourth-order valence-corrected chi connectivity index (χ4v) is 1.69. The first-order chi connectivity index (χ1) is 6.61. The average Bonchev–Trinajstić information content (AvgIpc) is 2.46. The summed E-state index contributed by atoms with van der Waals surface area (Å²) in [5.41, 5.74) is 12.4. The quantitative estimate of drug-likeness (QED) is 0.751. The zero-order valence-electron chi connectivity index (χ0n) is 7.74. The Balaban J connectivity index is 2.86. The Morgan fingerprint density at radius 2 is 2.21 bits per heavy atom. The van der Waals surface area contributed by atoms with Gasteiger partial charge < -0.3 is 11.5 Å². The Morgan fingerprint density at radius 3 is 2.86 bits per heavy atom. The molecule has 14 heavy (non-hydrogen) atoms. The maximum absolute atomic E-state index is 5.95. The standard InChI is InChI=1S/C9H11ClN4/c1-5(11)9-13-8(10)6-3-2-4-7(12)14(6)9/h2-5H,11-12H2,1H3. The monoisotopic (exact) mass is 210 g/mol. The van der Waals surface area contributed by atoms with E-state index in [1.54, 1.807) is 10.5 Å². The second-order valence-electron chi connectivity index (χ2n) is 3.22. The van der Waals surface area contributed by atoms with Gasteiger partial charge in [0, 0.05) is 0 Å². The Bertz CT molecular complexity index is 475. The molecule has 2 aromatic rings. The molecule has 0 aliphatic carbocycles. The van der Waals surface area contributed by atoms with Crippen LogP contribution < -0.4 is 11.5 Å². The van der Waals surface area contributed by atoms with Crippen LogP contribution in [0.2, 0.25) is 5.15 Å². The van der Waals surface area contributed by atoms with E-state index in [0.29, 0.717) is 16.8 Å². The van der Waals surface area contributed by atoms with E-state index in [-0.39, 0.29) is 6.04 Å². The minimum atomic E-state index is -0.195. The third kappa shape index (κ3) is 1.23. The lowest BCUT2D eigenvalue weighted by molar-refractivity contribution is 0.738. The van der Waals surface area contributed by atoms with Crippen LogP contribution in [0.4, 0.5) is 5.82 Å². The van der Waals surface area contributed by atoms with Crippen molar-refractivity contribution in [2.75, 3.05) is 5.73 Å². The van der Waals surface area contributed by atoms with Crippen molar-refractivity contribution in [2.45, 2.75) is 13.0 Å². The van der Waals surface area contributed by atoms with Crippen LogP contribution in [0.3, 0.4) is 0 Å². The van der Waals surface area contributed by atoms with Crippen LogP contribution >= 0.6 is 11.6 Å². The van der Waals surface area contributed by atoms with Crippen molar-refractivity contribution < 1.29 is 0 Å². The number of rotatable bonds is 1. The van der Waals surface area contributed by atoms with Crippen LogP contribution in [0.25, 0.3) is 5.52 Å². The minimum absolute atomic E-state index is 0.195. The molecule has 4 N–H and O–H groups in total. The lowest BCUT2D eigenvalue weighted by Crippen LogP contribution is -2.11. The van der Waals surface area contributed by atoms with Gasteiger partial charge >= 0.3 is 0 Å². The van der Waals surface area contributed by atoms with Crippen molar-refractivity contribution >= 4 is 22.9 Å². The van der Waals surface area contributed by atoms with E-state index >= 15 is 0 Å². The van der Waals surface area contributed by atoms with Gasteiger partial charge in [-0.1, -0.05) is 17.7 Å². The van der Waals surface area contributed by atoms with Crippen LogP contribution in [-0.2, 0) is 0 Å². The lowest BCUT2D eigenvalue weighted by Gasteiger charge is -2.06. The molecule has 0 aromatic carbocycles. The van der Waals surface area contributed by atoms with Crippen LogP contribution in [0, 0.1) is 0 Å². The predicted molar refractivity (Wildman–Crippen MR) is 57.2 cm³/mol. The van der Waals surface area contributed by atoms with Crippen molar-refractivity contribution in [1.82, 2.24) is 9.38 Å². The van der Waals surface area contributed by atoms with Gasteiger partial charge in [0.15, 0.2) is 5.15 Å². The third-order valence-corrected chi connectivity index (χ3v) is 2.36. The van der Waals surface area contributed by atoms with E-state index in [4.69, 9.17) is 23.1 Å². The molecule has 5 heteroatoms. The summed E-state index contributed by atoms with van der Waals surface area (Å²) in [5.74, 6) is 1.28. The van der Waals surface area contributed by atoms with E-state index in [1.165, 1.54) is 0 Å². The van der Waals surface area contributed by atoms with Gasteiger partial charge in [0.05, 0.1) is 11.6 Å². The van der Waals surface area contributed by atoms with Crippen molar-refractivity contribution in [2.24, 2.45) is 5.73 Å². The molecule has 0 radical (unpaired) electrons. The molecule has 0 spiro atoms. The summed E-state index contributed by atoms with van der Waals surface area (Å²) in [4.78, 5) is 4.17. The Morgan fingerprint density at radius 1 is 1.50 bits per heavy atom. The molecule has 0 bridgehead atoms. The normalized spacial score (nSPS) is 13.4. The number of hydrogen-bond acceptors (Lipinski definition) is 3. The van der Waals surface area contributed by atoms with E-state index in [0.717, 1.165) is 5.52 Å². The first kappa shape index (κ1) is 9.30. The summed E-state index contributed by atoms with van der Waals surface area (Å²) in [6, 6.07) is 5.29. The van der Waals surface area contributed by atoms with Gasteiger partial charge in [0.25, 0.3) is 0 Å². The van der Waals surface area contributed by atoms with Crippen LogP contribution in [0.5, 0.6) is 0 Å². The van der Waals surface area contributed by atoms with E-state index < -0.39 is 0 Å². The molecule has 0 amide bonds. The summed E-state index contributed by atoms with van der Waals surface area (Å²) in [7, 11) is 0. The van der Waals surface area contributed by atoms with Crippen LogP contribution in [-0.4, -0.2) is 9.38 Å². The number of halogens is 1. The average molecular weight is 211 g/mol. The minimum Gasteiger partial charge on any atom is -0.385 e. The SMILES string of the molecule is CC(N)c1nc(Cl)c2cccc(N)n12. The number of aromatic nitrogens is 2. The number of hydrogen-bond donors (Lipinski definition) is 2. The molecular weight excluding hydrogens is 200 g/mol. The van der Waals surface area contributed by atoms with E-state index in [9.17, 15) is 0 Å². The van der Waals surface area contributed by atoms with Crippen molar-refractivity contribution in [3.05, 3.63) is 29.2 Å². The molecular formula is C9H11ClN4. The molecule has 0 aliphatic heterocycles. The Labute approximate surface area is 86.5 Å². The largest absolute Gasteiger partial charge is 0.385 e. The molecule has 2 aromatic heterocycles. The van der Waals surface area contributed by atoms with Crippen molar-refractivity contribution in [3.63, 3.8) is 0 Å². The van der Waals surface area contributed by atoms with Crippen molar-refractivity contribution in [1.29, 1.82) is 0 Å². The Hall–Kier alpha value is -1.26. The maximum atomic E-state index is 5.95. The third-order valence-electron chi connectivity index (χ3n) is 2.08. The molecule has 1 atom stereocenters. The van der Waals surface area contributed by atoms with Gasteiger partial charge in [0.2, 0.25) is 0 Å². The number of nitrogens with zero attached hydrogens (tertiary/aromatic N) is 2. The first-order valence-corrected chi connectivity index (χ1v) is 4.67. The van der Waals surface area contributed by atoms with E-state index in [2.05, 4.69) is 4.98 Å². The summed E-state index contributed by atoms with van der Waals surface area (Å²) >= 11 is 5.95. The summed E-state index contributed by atoms with van der Waals surface area (Å²) in [5, 5.41) is 0.435. The maximum Gasteiger partial charge on any atom is 0.155 e. The molecule has 0 saturated heterocycles. The first-order valence-electron chi connectivity index (χ1n) is 4.29. The molecule has 74 valence electrons. The fraction of sp³-hybridized carbons (Fsp3) is 0.222. The zero-order chi connectivity index (χ0) is 10.3. The number of nitrogen functional groups attached to an aromatic ring is 1. The topological polar surface area (TPSA) is 69.3 Å². The molecule has 4 nitrogen and oxygen atoms in total. The second kappa shape index (κ2) is 3.15. The van der Waals surface area contributed by atoms with E-state index in [1.807, 2.05) is 19.1 Å². The number of pyridine rings is 1. The molecule has 0 fully saturated rings. The van der Waals surface area contributed by atoms with Crippen molar-refractivity contribution in [3.8, 4) is 0 Å². The Kier molecular flexibility index (Phi) is 2.09. The molecule has 1 unspecified atom stereocenters. The van der Waals surface area contributed by atoms with Gasteiger partial charge in [-0.05, 0) is 19.1 Å². The summed E-state index contributed by atoms with van der Waals surface area (Å²) < 4.78 is 1.77. The lowest BCUT2D eigenvalue weighted by atomic mass is 10.3.